The zero-order chi connectivity index (χ0) is 12.1. The van der Waals surface area contributed by atoms with Gasteiger partial charge in [0.25, 0.3) is 0 Å². The van der Waals surface area contributed by atoms with E-state index in [1.54, 1.807) is 0 Å². The molecular weight excluding hydrogens is 274 g/mol. The Morgan fingerprint density at radius 3 is 2.47 bits per heavy atom. The molecule has 2 rings (SSSR count). The molecular formula is C15H22BrN. The fourth-order valence-electron chi connectivity index (χ4n) is 2.95. The van der Waals surface area contributed by atoms with E-state index in [4.69, 9.17) is 0 Å². The maximum atomic E-state index is 3.52. The molecule has 1 saturated carbocycles. The van der Waals surface area contributed by atoms with E-state index >= 15 is 0 Å². The third-order valence-corrected chi connectivity index (χ3v) is 4.53. The van der Waals surface area contributed by atoms with Gasteiger partial charge in [-0.1, -0.05) is 40.9 Å². The molecule has 0 saturated heterocycles. The largest absolute Gasteiger partial charge is 0.317 e. The van der Waals surface area contributed by atoms with Crippen LogP contribution in [0.25, 0.3) is 0 Å². The standard InChI is InChI=1S/C15H22BrN/c1-17-15(13-4-2-3-5-13)11-8-12-6-9-14(16)10-7-12/h6-7,9-10,13,15,17H,2-5,8,11H2,1H3. The van der Waals surface area contributed by atoms with Crippen LogP contribution in [0.5, 0.6) is 0 Å². The van der Waals surface area contributed by atoms with E-state index in [1.807, 2.05) is 0 Å². The monoisotopic (exact) mass is 295 g/mol. The van der Waals surface area contributed by atoms with Crippen molar-refractivity contribution in [2.45, 2.75) is 44.6 Å². The first-order chi connectivity index (χ1) is 8.29. The zero-order valence-electron chi connectivity index (χ0n) is 10.6. The number of benzene rings is 1. The van der Waals surface area contributed by atoms with Crippen LogP contribution in [0, 0.1) is 5.92 Å². The highest BCUT2D eigenvalue weighted by molar-refractivity contribution is 9.10. The van der Waals surface area contributed by atoms with E-state index in [-0.39, 0.29) is 0 Å². The molecule has 1 fully saturated rings. The number of aryl methyl sites for hydroxylation is 1. The SMILES string of the molecule is CNC(CCc1ccc(Br)cc1)C1CCCC1. The molecule has 0 amide bonds. The fourth-order valence-corrected chi connectivity index (χ4v) is 3.21. The highest BCUT2D eigenvalue weighted by atomic mass is 79.9. The molecule has 0 aliphatic heterocycles. The van der Waals surface area contributed by atoms with Crippen molar-refractivity contribution in [3.63, 3.8) is 0 Å². The van der Waals surface area contributed by atoms with Crippen LogP contribution in [-0.4, -0.2) is 13.1 Å². The topological polar surface area (TPSA) is 12.0 Å². The van der Waals surface area contributed by atoms with Crippen LogP contribution < -0.4 is 5.32 Å². The van der Waals surface area contributed by atoms with Crippen LogP contribution in [0.2, 0.25) is 0 Å². The van der Waals surface area contributed by atoms with Crippen LogP contribution in [-0.2, 0) is 6.42 Å². The summed E-state index contributed by atoms with van der Waals surface area (Å²) in [7, 11) is 2.12. The minimum Gasteiger partial charge on any atom is -0.317 e. The second-order valence-electron chi connectivity index (χ2n) is 5.10. The Labute approximate surface area is 113 Å². The van der Waals surface area contributed by atoms with Crippen molar-refractivity contribution < 1.29 is 0 Å². The number of hydrogen-bond donors (Lipinski definition) is 1. The van der Waals surface area contributed by atoms with Gasteiger partial charge in [-0.25, -0.2) is 0 Å². The second kappa shape index (κ2) is 6.55. The first-order valence-electron chi connectivity index (χ1n) is 6.71. The predicted molar refractivity (Wildman–Crippen MR) is 77.3 cm³/mol. The quantitative estimate of drug-likeness (QED) is 0.860. The maximum absolute atomic E-state index is 3.52. The van der Waals surface area contributed by atoms with Gasteiger partial charge in [-0.15, -0.1) is 0 Å². The van der Waals surface area contributed by atoms with E-state index in [9.17, 15) is 0 Å². The normalized spacial score (nSPS) is 18.5. The third-order valence-electron chi connectivity index (χ3n) is 4.00. The van der Waals surface area contributed by atoms with Crippen molar-refractivity contribution >= 4 is 15.9 Å². The van der Waals surface area contributed by atoms with Gasteiger partial charge in [0.2, 0.25) is 0 Å². The van der Waals surface area contributed by atoms with Crippen molar-refractivity contribution in [2.24, 2.45) is 5.92 Å². The molecule has 0 aromatic heterocycles. The van der Waals surface area contributed by atoms with Crippen molar-refractivity contribution in [1.82, 2.24) is 5.32 Å². The first-order valence-corrected chi connectivity index (χ1v) is 7.50. The van der Waals surface area contributed by atoms with Crippen LogP contribution in [0.4, 0.5) is 0 Å². The Morgan fingerprint density at radius 2 is 1.88 bits per heavy atom. The van der Waals surface area contributed by atoms with E-state index < -0.39 is 0 Å². The van der Waals surface area contributed by atoms with E-state index in [2.05, 4.69) is 52.6 Å². The number of nitrogens with one attached hydrogen (secondary N) is 1. The lowest BCUT2D eigenvalue weighted by atomic mass is 9.93. The molecule has 0 bridgehead atoms. The summed E-state index contributed by atoms with van der Waals surface area (Å²) in [4.78, 5) is 0. The van der Waals surface area contributed by atoms with Crippen molar-refractivity contribution in [3.8, 4) is 0 Å². The molecule has 94 valence electrons. The summed E-state index contributed by atoms with van der Waals surface area (Å²) >= 11 is 3.48. The highest BCUT2D eigenvalue weighted by Crippen LogP contribution is 2.29. The summed E-state index contributed by atoms with van der Waals surface area (Å²) in [5.41, 5.74) is 1.45. The van der Waals surface area contributed by atoms with Gasteiger partial charge < -0.3 is 5.32 Å². The van der Waals surface area contributed by atoms with Gasteiger partial charge in [0.05, 0.1) is 0 Å². The number of rotatable bonds is 5. The zero-order valence-corrected chi connectivity index (χ0v) is 12.2. The molecule has 1 unspecified atom stereocenters. The molecule has 1 aromatic carbocycles. The lowest BCUT2D eigenvalue weighted by Gasteiger charge is -2.22. The van der Waals surface area contributed by atoms with Crippen molar-refractivity contribution in [3.05, 3.63) is 34.3 Å². The van der Waals surface area contributed by atoms with E-state index in [1.165, 1.54) is 48.6 Å². The molecule has 1 atom stereocenters. The molecule has 0 heterocycles. The second-order valence-corrected chi connectivity index (χ2v) is 6.02. The average molecular weight is 296 g/mol. The lowest BCUT2D eigenvalue weighted by Crippen LogP contribution is -2.32. The Bertz CT molecular complexity index is 327. The summed E-state index contributed by atoms with van der Waals surface area (Å²) in [6.07, 6.45) is 8.16. The Morgan fingerprint density at radius 1 is 1.24 bits per heavy atom. The van der Waals surface area contributed by atoms with Crippen LogP contribution in [0.3, 0.4) is 0 Å². The minimum atomic E-state index is 0.709. The van der Waals surface area contributed by atoms with Gasteiger partial charge in [-0.3, -0.25) is 0 Å². The van der Waals surface area contributed by atoms with Crippen molar-refractivity contribution in [2.75, 3.05) is 7.05 Å². The van der Waals surface area contributed by atoms with Gasteiger partial charge in [0.15, 0.2) is 0 Å². The van der Waals surface area contributed by atoms with Gasteiger partial charge in [-0.2, -0.15) is 0 Å². The Kier molecular flexibility index (Phi) is 5.05. The van der Waals surface area contributed by atoms with E-state index in [0.717, 1.165) is 5.92 Å². The molecule has 2 heteroatoms. The van der Waals surface area contributed by atoms with E-state index in [0.29, 0.717) is 6.04 Å². The molecule has 0 spiro atoms. The Balaban J connectivity index is 1.84. The van der Waals surface area contributed by atoms with Gasteiger partial charge in [0, 0.05) is 10.5 Å². The Hall–Kier alpha value is -0.340. The average Bonchev–Trinajstić information content (AvgIpc) is 2.86. The fraction of sp³-hybridized carbons (Fsp3) is 0.600. The summed E-state index contributed by atoms with van der Waals surface area (Å²) in [5.74, 6) is 0.912. The van der Waals surface area contributed by atoms with Crippen molar-refractivity contribution in [1.29, 1.82) is 0 Å². The van der Waals surface area contributed by atoms with Gasteiger partial charge in [0.1, 0.15) is 0 Å². The predicted octanol–water partition coefficient (Wildman–Crippen LogP) is 4.16. The molecule has 1 N–H and O–H groups in total. The van der Waals surface area contributed by atoms with Crippen LogP contribution in [0.15, 0.2) is 28.7 Å². The molecule has 17 heavy (non-hydrogen) atoms. The summed E-state index contributed by atoms with van der Waals surface area (Å²) in [6, 6.07) is 9.44. The summed E-state index contributed by atoms with van der Waals surface area (Å²) in [5, 5.41) is 3.52. The summed E-state index contributed by atoms with van der Waals surface area (Å²) < 4.78 is 1.17. The molecule has 1 aliphatic rings. The maximum Gasteiger partial charge on any atom is 0.0175 e. The lowest BCUT2D eigenvalue weighted by molar-refractivity contribution is 0.360. The van der Waals surface area contributed by atoms with Crippen LogP contribution >= 0.6 is 15.9 Å². The molecule has 0 radical (unpaired) electrons. The smallest absolute Gasteiger partial charge is 0.0175 e. The van der Waals surface area contributed by atoms with Gasteiger partial charge in [-0.05, 0) is 56.3 Å². The molecule has 1 aromatic rings. The minimum absolute atomic E-state index is 0.709. The van der Waals surface area contributed by atoms with Crippen LogP contribution in [0.1, 0.15) is 37.7 Å². The first kappa shape index (κ1) is 13.1. The highest BCUT2D eigenvalue weighted by Gasteiger charge is 2.23. The molecule has 1 aliphatic carbocycles. The third kappa shape index (κ3) is 3.82. The number of hydrogen-bond acceptors (Lipinski definition) is 1. The summed E-state index contributed by atoms with van der Waals surface area (Å²) in [6.45, 7) is 0. The van der Waals surface area contributed by atoms with Gasteiger partial charge >= 0.3 is 0 Å². The molecule has 1 nitrogen and oxygen atoms in total. The number of halogens is 1.